The van der Waals surface area contributed by atoms with Crippen LogP contribution in [-0.4, -0.2) is 30.0 Å². The van der Waals surface area contributed by atoms with Gasteiger partial charge in [-0.2, -0.15) is 0 Å². The lowest BCUT2D eigenvalue weighted by atomic mass is 9.82. The molecule has 1 fully saturated rings. The summed E-state index contributed by atoms with van der Waals surface area (Å²) in [5.41, 5.74) is 1.55. The van der Waals surface area contributed by atoms with E-state index in [9.17, 15) is 0 Å². The highest BCUT2D eigenvalue weighted by molar-refractivity contribution is 5.77. The molecule has 1 saturated carbocycles. The van der Waals surface area contributed by atoms with E-state index in [1.54, 1.807) is 5.71 Å². The van der Waals surface area contributed by atoms with Crippen LogP contribution in [0.2, 0.25) is 0 Å². The largest absolute Gasteiger partial charge is 0.265 e. The molecule has 82 valence electrons. The van der Waals surface area contributed by atoms with Crippen LogP contribution in [0.1, 0.15) is 46.5 Å². The summed E-state index contributed by atoms with van der Waals surface area (Å²) in [7, 11) is 2.02. The normalized spacial score (nSPS) is 19.5. The van der Waals surface area contributed by atoms with Crippen molar-refractivity contribution in [1.29, 1.82) is 0 Å². The Kier molecular flexibility index (Phi) is 4.59. The Morgan fingerprint density at radius 1 is 1.43 bits per heavy atom. The molecule has 1 N–H and O–H groups in total. The van der Waals surface area contributed by atoms with Crippen LogP contribution in [0.15, 0.2) is 0 Å². The van der Waals surface area contributed by atoms with Gasteiger partial charge in [-0.05, 0) is 39.7 Å². The van der Waals surface area contributed by atoms with E-state index in [4.69, 9.17) is 0 Å². The zero-order chi connectivity index (χ0) is 10.6. The number of rotatable bonds is 5. The van der Waals surface area contributed by atoms with Gasteiger partial charge in [-0.25, -0.2) is 4.58 Å². The Morgan fingerprint density at radius 2 is 2.07 bits per heavy atom. The van der Waals surface area contributed by atoms with Crippen LogP contribution in [0.3, 0.4) is 0 Å². The third kappa shape index (κ3) is 3.09. The smallest absolute Gasteiger partial charge is 0.196 e. The molecule has 0 amide bonds. The molecule has 1 aliphatic carbocycles. The highest BCUT2D eigenvalue weighted by Crippen LogP contribution is 2.29. The summed E-state index contributed by atoms with van der Waals surface area (Å²) in [6.07, 6.45) is 5.65. The van der Waals surface area contributed by atoms with Gasteiger partial charge in [-0.1, -0.05) is 6.42 Å². The maximum Gasteiger partial charge on any atom is 0.196 e. The van der Waals surface area contributed by atoms with Gasteiger partial charge in [0, 0.05) is 13.3 Å². The van der Waals surface area contributed by atoms with Crippen LogP contribution >= 0.6 is 0 Å². The molecule has 1 rings (SSSR count). The molecule has 0 aromatic carbocycles. The molecule has 0 spiro atoms. The molecule has 0 bridgehead atoms. The lowest BCUT2D eigenvalue weighted by molar-refractivity contribution is -0.564. The Labute approximate surface area is 88.4 Å². The van der Waals surface area contributed by atoms with Crippen molar-refractivity contribution < 1.29 is 4.58 Å². The second-order valence-corrected chi connectivity index (χ2v) is 4.81. The second-order valence-electron chi connectivity index (χ2n) is 4.81. The van der Waals surface area contributed by atoms with Crippen LogP contribution in [0, 0.1) is 5.92 Å². The van der Waals surface area contributed by atoms with E-state index >= 15 is 0 Å². The first-order valence-corrected chi connectivity index (χ1v) is 5.88. The van der Waals surface area contributed by atoms with Crippen LogP contribution < -0.4 is 5.32 Å². The molecule has 0 aromatic rings. The van der Waals surface area contributed by atoms with E-state index in [1.807, 2.05) is 7.05 Å². The minimum Gasteiger partial charge on any atom is -0.265 e. The van der Waals surface area contributed by atoms with Gasteiger partial charge < -0.3 is 0 Å². The highest BCUT2D eigenvalue weighted by Gasteiger charge is 2.22. The zero-order valence-electron chi connectivity index (χ0n) is 10.1. The van der Waals surface area contributed by atoms with E-state index in [2.05, 4.69) is 30.7 Å². The van der Waals surface area contributed by atoms with Crippen molar-refractivity contribution in [3.8, 4) is 0 Å². The molecule has 0 heterocycles. The van der Waals surface area contributed by atoms with Crippen molar-refractivity contribution in [2.75, 3.05) is 13.7 Å². The highest BCUT2D eigenvalue weighted by atomic mass is 15.1. The van der Waals surface area contributed by atoms with Gasteiger partial charge in [0.05, 0.1) is 0 Å². The van der Waals surface area contributed by atoms with Gasteiger partial charge in [0.1, 0.15) is 6.04 Å². The van der Waals surface area contributed by atoms with Gasteiger partial charge in [0.2, 0.25) is 0 Å². The molecule has 0 aromatic heterocycles. The van der Waals surface area contributed by atoms with Crippen molar-refractivity contribution in [2.24, 2.45) is 5.92 Å². The second kappa shape index (κ2) is 5.50. The molecule has 0 unspecified atom stereocenters. The first-order chi connectivity index (χ1) is 6.65. The molecule has 1 aliphatic rings. The summed E-state index contributed by atoms with van der Waals surface area (Å²) in [5.74, 6) is 0.980. The number of nitrogens with one attached hydrogen (secondary N) is 1. The Bertz CT molecular complexity index is 202. The SMILES string of the molecule is CNC/[N+](=C(\C)CC1CCC1)C(C)C. The fourth-order valence-electron chi connectivity index (χ4n) is 2.16. The maximum absolute atomic E-state index is 3.24. The van der Waals surface area contributed by atoms with Gasteiger partial charge in [0.15, 0.2) is 12.4 Å². The third-order valence-electron chi connectivity index (χ3n) is 3.25. The van der Waals surface area contributed by atoms with E-state index < -0.39 is 0 Å². The van der Waals surface area contributed by atoms with Crippen LogP contribution in [0.5, 0.6) is 0 Å². The molecule has 2 nitrogen and oxygen atoms in total. The van der Waals surface area contributed by atoms with E-state index in [-0.39, 0.29) is 0 Å². The molecule has 14 heavy (non-hydrogen) atoms. The molecule has 2 heteroatoms. The monoisotopic (exact) mass is 197 g/mol. The van der Waals surface area contributed by atoms with Crippen molar-refractivity contribution in [3.63, 3.8) is 0 Å². The predicted molar refractivity (Wildman–Crippen MR) is 62.0 cm³/mol. The average Bonchev–Trinajstić information content (AvgIpc) is 2.06. The maximum atomic E-state index is 3.24. The molecule has 0 saturated heterocycles. The third-order valence-corrected chi connectivity index (χ3v) is 3.25. The van der Waals surface area contributed by atoms with Crippen LogP contribution in [0.4, 0.5) is 0 Å². The summed E-state index contributed by atoms with van der Waals surface area (Å²) < 4.78 is 2.47. The minimum atomic E-state index is 0.613. The lowest BCUT2D eigenvalue weighted by Crippen LogP contribution is -2.34. The summed E-state index contributed by atoms with van der Waals surface area (Å²) in [4.78, 5) is 0. The van der Waals surface area contributed by atoms with Gasteiger partial charge in [-0.15, -0.1) is 0 Å². The summed E-state index contributed by atoms with van der Waals surface area (Å²) >= 11 is 0. The fourth-order valence-corrected chi connectivity index (χ4v) is 2.16. The Hall–Kier alpha value is -0.370. The van der Waals surface area contributed by atoms with Crippen LogP contribution in [-0.2, 0) is 0 Å². The molecular formula is C12H25N2+. The fraction of sp³-hybridized carbons (Fsp3) is 0.917. The Morgan fingerprint density at radius 3 is 2.43 bits per heavy atom. The van der Waals surface area contributed by atoms with E-state index in [1.165, 1.54) is 25.7 Å². The van der Waals surface area contributed by atoms with Gasteiger partial charge in [0.25, 0.3) is 0 Å². The standard InChI is InChI=1S/C12H25N2/c1-10(2)14(9-13-4)11(3)8-12-6-5-7-12/h10,12-13H,5-9H2,1-4H3/q+1/b14-11-. The number of hydrogen-bond donors (Lipinski definition) is 1. The topological polar surface area (TPSA) is 15.0 Å². The van der Waals surface area contributed by atoms with Crippen molar-refractivity contribution >= 4 is 5.71 Å². The first kappa shape index (κ1) is 11.7. The quantitative estimate of drug-likeness (QED) is 0.406. The lowest BCUT2D eigenvalue weighted by Gasteiger charge is -2.24. The van der Waals surface area contributed by atoms with Crippen molar-refractivity contribution in [2.45, 2.75) is 52.5 Å². The Balaban J connectivity index is 2.54. The van der Waals surface area contributed by atoms with E-state index in [0.717, 1.165) is 12.6 Å². The summed E-state index contributed by atoms with van der Waals surface area (Å²) in [6, 6.07) is 0.613. The van der Waals surface area contributed by atoms with E-state index in [0.29, 0.717) is 6.04 Å². The number of nitrogens with zero attached hydrogens (tertiary/aromatic N) is 1. The minimum absolute atomic E-state index is 0.613. The number of hydrogen-bond acceptors (Lipinski definition) is 1. The molecule has 0 radical (unpaired) electrons. The first-order valence-electron chi connectivity index (χ1n) is 5.88. The van der Waals surface area contributed by atoms with Gasteiger partial charge >= 0.3 is 0 Å². The molecular weight excluding hydrogens is 172 g/mol. The average molecular weight is 197 g/mol. The molecule has 0 aliphatic heterocycles. The predicted octanol–water partition coefficient (Wildman–Crippen LogP) is 2.24. The van der Waals surface area contributed by atoms with Gasteiger partial charge in [-0.3, -0.25) is 5.32 Å². The van der Waals surface area contributed by atoms with Crippen molar-refractivity contribution in [3.05, 3.63) is 0 Å². The van der Waals surface area contributed by atoms with Crippen LogP contribution in [0.25, 0.3) is 0 Å². The summed E-state index contributed by atoms with van der Waals surface area (Å²) in [5, 5.41) is 3.24. The molecule has 0 atom stereocenters. The zero-order valence-corrected chi connectivity index (χ0v) is 10.1. The van der Waals surface area contributed by atoms with Crippen molar-refractivity contribution in [1.82, 2.24) is 5.32 Å². The summed E-state index contributed by atoms with van der Waals surface area (Å²) in [6.45, 7) is 7.80.